The average molecular weight is 506 g/mol. The number of carbonyl (C=O) groups excluding carboxylic acids is 1. The van der Waals surface area contributed by atoms with Crippen molar-refractivity contribution in [2.75, 3.05) is 41.0 Å². The van der Waals surface area contributed by atoms with Gasteiger partial charge in [-0.3, -0.25) is 4.79 Å². The first kappa shape index (κ1) is 25.9. The summed E-state index contributed by atoms with van der Waals surface area (Å²) in [6.45, 7) is 3.15. The lowest BCUT2D eigenvalue weighted by atomic mass is 9.90. The quantitative estimate of drug-likeness (QED) is 0.497. The van der Waals surface area contributed by atoms with Crippen molar-refractivity contribution in [3.8, 4) is 11.5 Å². The molecule has 1 aliphatic heterocycles. The third kappa shape index (κ3) is 5.49. The van der Waals surface area contributed by atoms with Gasteiger partial charge in [0.05, 0.1) is 36.1 Å². The lowest BCUT2D eigenvalue weighted by Gasteiger charge is -2.36. The van der Waals surface area contributed by atoms with E-state index in [-0.39, 0.29) is 10.9 Å². The Morgan fingerprint density at radius 3 is 2.65 bits per heavy atom. The van der Waals surface area contributed by atoms with E-state index >= 15 is 0 Å². The van der Waals surface area contributed by atoms with Gasteiger partial charge in [-0.2, -0.15) is 0 Å². The van der Waals surface area contributed by atoms with E-state index in [9.17, 15) is 4.79 Å². The summed E-state index contributed by atoms with van der Waals surface area (Å²) >= 11 is 12.7. The minimum absolute atomic E-state index is 0.234. The molecule has 2 aromatic rings. The summed E-state index contributed by atoms with van der Waals surface area (Å²) < 4.78 is 16.0. The van der Waals surface area contributed by atoms with Gasteiger partial charge in [0.15, 0.2) is 0 Å². The third-order valence-electron chi connectivity index (χ3n) is 5.76. The van der Waals surface area contributed by atoms with Crippen molar-refractivity contribution < 1.29 is 19.0 Å². The first-order chi connectivity index (χ1) is 16.3. The Labute approximate surface area is 210 Å². The number of halogens is 2. The highest BCUT2D eigenvalue weighted by atomic mass is 35.5. The van der Waals surface area contributed by atoms with Crippen LogP contribution in [0.25, 0.3) is 5.70 Å². The zero-order chi connectivity index (χ0) is 24.8. The van der Waals surface area contributed by atoms with E-state index in [1.807, 2.05) is 19.1 Å². The molecule has 9 heteroatoms. The minimum Gasteiger partial charge on any atom is -0.495 e. The van der Waals surface area contributed by atoms with Crippen molar-refractivity contribution in [3.63, 3.8) is 0 Å². The zero-order valence-corrected chi connectivity index (χ0v) is 21.2. The maximum absolute atomic E-state index is 13.3. The lowest BCUT2D eigenvalue weighted by Crippen LogP contribution is -2.48. The molecule has 1 aliphatic rings. The van der Waals surface area contributed by atoms with E-state index < -0.39 is 6.04 Å². The number of methoxy groups -OCH3 is 2. The third-order valence-corrected chi connectivity index (χ3v) is 6.36. The molecule has 0 unspecified atom stereocenters. The Kier molecular flexibility index (Phi) is 8.83. The maximum Gasteiger partial charge on any atom is 0.256 e. The molecule has 1 atom stereocenters. The van der Waals surface area contributed by atoms with Gasteiger partial charge in [-0.15, -0.1) is 0 Å². The molecule has 34 heavy (non-hydrogen) atoms. The number of carbonyl (C=O) groups is 1. The predicted molar refractivity (Wildman–Crippen MR) is 136 cm³/mol. The Bertz CT molecular complexity index is 1100. The van der Waals surface area contributed by atoms with Crippen molar-refractivity contribution in [2.45, 2.75) is 19.4 Å². The monoisotopic (exact) mass is 505 g/mol. The standard InChI is InChI=1S/C25H29Cl2N3O4/c1-15-23(28)20(8-9-30(15)25(31)19-6-5-7-21(33-4)22(19)27)24(29-2)16-12-17(26)14-18(13-16)34-11-10-32-3/h5-7,12-15,28-29H,8-11H2,1-4H3/b24-20-,28-23?/t15-/m0/s1. The highest BCUT2D eigenvalue weighted by molar-refractivity contribution is 6.35. The highest BCUT2D eigenvalue weighted by Gasteiger charge is 2.33. The first-order valence-electron chi connectivity index (χ1n) is 10.9. The molecule has 0 aromatic heterocycles. The van der Waals surface area contributed by atoms with Crippen molar-refractivity contribution in [2.24, 2.45) is 0 Å². The number of hydrogen-bond acceptors (Lipinski definition) is 6. The molecule has 7 nitrogen and oxygen atoms in total. The number of benzene rings is 2. The van der Waals surface area contributed by atoms with Crippen LogP contribution in [-0.4, -0.2) is 63.6 Å². The molecule has 0 saturated carbocycles. The highest BCUT2D eigenvalue weighted by Crippen LogP contribution is 2.33. The molecule has 3 rings (SSSR count). The van der Waals surface area contributed by atoms with E-state index in [1.165, 1.54) is 7.11 Å². The molecule has 1 saturated heterocycles. The molecule has 1 amide bonds. The summed E-state index contributed by atoms with van der Waals surface area (Å²) in [6.07, 6.45) is 0.499. The molecule has 0 aliphatic carbocycles. The molecular weight excluding hydrogens is 477 g/mol. The van der Waals surface area contributed by atoms with Gasteiger partial charge in [-0.25, -0.2) is 0 Å². The normalized spacial score (nSPS) is 17.4. The molecular formula is C25H29Cl2N3O4. The van der Waals surface area contributed by atoms with Crippen LogP contribution in [0.2, 0.25) is 10.0 Å². The summed E-state index contributed by atoms with van der Waals surface area (Å²) in [5.74, 6) is 0.824. The summed E-state index contributed by atoms with van der Waals surface area (Å²) in [5.41, 5.74) is 3.12. The lowest BCUT2D eigenvalue weighted by molar-refractivity contribution is 0.0728. The van der Waals surface area contributed by atoms with E-state index in [2.05, 4.69) is 5.32 Å². The average Bonchev–Trinajstić information content (AvgIpc) is 2.82. The Morgan fingerprint density at radius 1 is 1.21 bits per heavy atom. The van der Waals surface area contributed by atoms with Crippen LogP contribution in [0.1, 0.15) is 29.3 Å². The second kappa shape index (κ2) is 11.6. The second-order valence-electron chi connectivity index (χ2n) is 7.78. The fourth-order valence-corrected chi connectivity index (χ4v) is 4.51. The number of amides is 1. The number of rotatable bonds is 8. The van der Waals surface area contributed by atoms with Crippen LogP contribution in [0.3, 0.4) is 0 Å². The molecule has 2 aromatic carbocycles. The van der Waals surface area contributed by atoms with Gasteiger partial charge in [-0.05, 0) is 43.7 Å². The number of ether oxygens (including phenoxy) is 3. The van der Waals surface area contributed by atoms with E-state index in [4.69, 9.17) is 42.8 Å². The number of piperidine rings is 1. The van der Waals surface area contributed by atoms with Crippen LogP contribution >= 0.6 is 23.2 Å². The van der Waals surface area contributed by atoms with Gasteiger partial charge in [-0.1, -0.05) is 29.3 Å². The van der Waals surface area contributed by atoms with Gasteiger partial charge in [0.1, 0.15) is 18.1 Å². The van der Waals surface area contributed by atoms with Gasteiger partial charge in [0, 0.05) is 42.6 Å². The van der Waals surface area contributed by atoms with E-state index in [0.29, 0.717) is 54.0 Å². The number of hydrogen-bond donors (Lipinski definition) is 2. The molecule has 0 bridgehead atoms. The van der Waals surface area contributed by atoms with Crippen molar-refractivity contribution in [3.05, 3.63) is 63.1 Å². The van der Waals surface area contributed by atoms with Crippen LogP contribution < -0.4 is 14.8 Å². The fraction of sp³-hybridized carbons (Fsp3) is 0.360. The van der Waals surface area contributed by atoms with Crippen LogP contribution in [0.15, 0.2) is 42.0 Å². The van der Waals surface area contributed by atoms with E-state index in [1.54, 1.807) is 43.3 Å². The maximum atomic E-state index is 13.3. The Balaban J connectivity index is 1.89. The van der Waals surface area contributed by atoms with Crippen LogP contribution in [-0.2, 0) is 4.74 Å². The number of likely N-dealkylation sites (tertiary alicyclic amines) is 1. The predicted octanol–water partition coefficient (Wildman–Crippen LogP) is 4.91. The topological polar surface area (TPSA) is 83.9 Å². The largest absolute Gasteiger partial charge is 0.495 e. The fourth-order valence-electron chi connectivity index (χ4n) is 4.00. The number of nitrogens with zero attached hydrogens (tertiary/aromatic N) is 1. The van der Waals surface area contributed by atoms with Crippen molar-refractivity contribution in [1.29, 1.82) is 5.41 Å². The minimum atomic E-state index is -0.446. The molecule has 0 spiro atoms. The molecule has 1 heterocycles. The smallest absolute Gasteiger partial charge is 0.256 e. The first-order valence-corrected chi connectivity index (χ1v) is 11.6. The second-order valence-corrected chi connectivity index (χ2v) is 8.59. The van der Waals surface area contributed by atoms with Gasteiger partial charge in [0.2, 0.25) is 0 Å². The Morgan fingerprint density at radius 2 is 1.97 bits per heavy atom. The van der Waals surface area contributed by atoms with Crippen molar-refractivity contribution in [1.82, 2.24) is 10.2 Å². The molecule has 0 radical (unpaired) electrons. The molecule has 182 valence electrons. The van der Waals surface area contributed by atoms with Crippen LogP contribution in [0.5, 0.6) is 11.5 Å². The summed E-state index contributed by atoms with van der Waals surface area (Å²) in [4.78, 5) is 15.0. The van der Waals surface area contributed by atoms with Crippen LogP contribution in [0.4, 0.5) is 0 Å². The Hall–Kier alpha value is -2.74. The molecule has 2 N–H and O–H groups in total. The van der Waals surface area contributed by atoms with Crippen LogP contribution in [0, 0.1) is 5.41 Å². The van der Waals surface area contributed by atoms with Crippen molar-refractivity contribution >= 4 is 40.5 Å². The zero-order valence-electron chi connectivity index (χ0n) is 19.7. The summed E-state index contributed by atoms with van der Waals surface area (Å²) in [6, 6.07) is 10.1. The van der Waals surface area contributed by atoms with Gasteiger partial charge in [0.25, 0.3) is 5.91 Å². The summed E-state index contributed by atoms with van der Waals surface area (Å²) in [5, 5.41) is 12.9. The van der Waals surface area contributed by atoms with Gasteiger partial charge < -0.3 is 29.8 Å². The number of nitrogens with one attached hydrogen (secondary N) is 2. The summed E-state index contributed by atoms with van der Waals surface area (Å²) in [7, 11) is 4.93. The van der Waals surface area contributed by atoms with Gasteiger partial charge >= 0.3 is 0 Å². The van der Waals surface area contributed by atoms with E-state index in [0.717, 1.165) is 16.8 Å². The SMILES string of the molecule is CN/C(=C1/CCN(C(=O)c2cccc(OC)c2Cl)[C@@H](C)C1=N)c1cc(Cl)cc(OCCOC)c1. The molecule has 1 fully saturated rings.